The van der Waals surface area contributed by atoms with E-state index in [4.69, 9.17) is 4.74 Å². The van der Waals surface area contributed by atoms with E-state index in [1.807, 2.05) is 66.7 Å². The zero-order chi connectivity index (χ0) is 18.2. The molecule has 0 saturated heterocycles. The van der Waals surface area contributed by atoms with Crippen LogP contribution in [0.25, 0.3) is 0 Å². The van der Waals surface area contributed by atoms with Gasteiger partial charge in [0.2, 0.25) is 0 Å². The fourth-order valence-corrected chi connectivity index (χ4v) is 3.34. The first kappa shape index (κ1) is 18.5. The molecule has 3 rings (SSSR count). The van der Waals surface area contributed by atoms with Crippen LogP contribution in [-0.4, -0.2) is 24.0 Å². The molecular formula is C20H17BrN2O2S. The maximum absolute atomic E-state index is 12.5. The van der Waals surface area contributed by atoms with Crippen LogP contribution in [0, 0.1) is 0 Å². The molecule has 0 fully saturated rings. The van der Waals surface area contributed by atoms with Crippen LogP contribution in [0.15, 0.2) is 87.3 Å². The van der Waals surface area contributed by atoms with Crippen LogP contribution >= 0.6 is 27.7 Å². The average Bonchev–Trinajstić information content (AvgIpc) is 2.68. The Morgan fingerprint density at radius 1 is 1.04 bits per heavy atom. The topological polar surface area (TPSA) is 51.2 Å². The maximum Gasteiger partial charge on any atom is 0.252 e. The Morgan fingerprint density at radius 2 is 1.81 bits per heavy atom. The van der Waals surface area contributed by atoms with Crippen molar-refractivity contribution in [3.8, 4) is 5.75 Å². The smallest absolute Gasteiger partial charge is 0.252 e. The van der Waals surface area contributed by atoms with E-state index in [1.54, 1.807) is 6.20 Å². The summed E-state index contributed by atoms with van der Waals surface area (Å²) in [6, 6.07) is 20.9. The third-order valence-corrected chi connectivity index (χ3v) is 4.94. The number of carbonyl (C=O) groups is 1. The fourth-order valence-electron chi connectivity index (χ4n) is 2.22. The highest BCUT2D eigenvalue weighted by Crippen LogP contribution is 2.29. The molecule has 0 radical (unpaired) electrons. The number of rotatable bonds is 7. The molecule has 0 spiro atoms. The Balaban J connectivity index is 1.58. The van der Waals surface area contributed by atoms with Crippen molar-refractivity contribution in [1.82, 2.24) is 10.3 Å². The predicted molar refractivity (Wildman–Crippen MR) is 107 cm³/mol. The van der Waals surface area contributed by atoms with Gasteiger partial charge in [-0.2, -0.15) is 0 Å². The summed E-state index contributed by atoms with van der Waals surface area (Å²) in [4.78, 5) is 17.7. The van der Waals surface area contributed by atoms with Crippen molar-refractivity contribution < 1.29 is 9.53 Å². The lowest BCUT2D eigenvalue weighted by Gasteiger charge is -2.10. The Bertz CT molecular complexity index is 857. The van der Waals surface area contributed by atoms with Crippen molar-refractivity contribution in [3.63, 3.8) is 0 Å². The predicted octanol–water partition coefficient (Wildman–Crippen LogP) is 4.80. The molecule has 0 saturated carbocycles. The fraction of sp³-hybridized carbons (Fsp3) is 0.100. The molecule has 2 aromatic carbocycles. The number of para-hydroxylation sites is 1. The van der Waals surface area contributed by atoms with Gasteiger partial charge in [-0.1, -0.05) is 42.1 Å². The van der Waals surface area contributed by atoms with Crippen LogP contribution in [0.5, 0.6) is 5.75 Å². The first-order chi connectivity index (χ1) is 12.7. The van der Waals surface area contributed by atoms with Crippen molar-refractivity contribution in [1.29, 1.82) is 0 Å². The minimum Gasteiger partial charge on any atom is -0.492 e. The number of amides is 1. The average molecular weight is 429 g/mol. The van der Waals surface area contributed by atoms with E-state index in [0.717, 1.165) is 20.1 Å². The quantitative estimate of drug-likeness (QED) is 0.548. The highest BCUT2D eigenvalue weighted by molar-refractivity contribution is 9.10. The summed E-state index contributed by atoms with van der Waals surface area (Å²) >= 11 is 4.84. The molecule has 4 nitrogen and oxygen atoms in total. The van der Waals surface area contributed by atoms with Gasteiger partial charge in [0.25, 0.3) is 5.91 Å². The molecule has 0 atom stereocenters. The minimum absolute atomic E-state index is 0.123. The molecule has 6 heteroatoms. The van der Waals surface area contributed by atoms with E-state index >= 15 is 0 Å². The number of nitrogens with zero attached hydrogens (tertiary/aromatic N) is 1. The second-order valence-corrected chi connectivity index (χ2v) is 7.31. The number of ether oxygens (including phenoxy) is 1. The van der Waals surface area contributed by atoms with Gasteiger partial charge < -0.3 is 10.1 Å². The molecule has 1 N–H and O–H groups in total. The number of nitrogens with one attached hydrogen (secondary N) is 1. The second kappa shape index (κ2) is 9.40. The van der Waals surface area contributed by atoms with Gasteiger partial charge in [0.1, 0.15) is 17.4 Å². The molecule has 0 bridgehead atoms. The molecule has 132 valence electrons. The van der Waals surface area contributed by atoms with Crippen LogP contribution in [0.1, 0.15) is 10.4 Å². The summed E-state index contributed by atoms with van der Waals surface area (Å²) in [6.07, 6.45) is 1.74. The lowest BCUT2D eigenvalue weighted by molar-refractivity contribution is 0.0944. The standard InChI is InChI=1S/C20H17BrN2O2S/c21-15-10-11-19(23-14-15)26-18-9-5-4-8-17(18)20(24)22-12-13-25-16-6-2-1-3-7-16/h1-11,14H,12-13H2,(H,22,24). The lowest BCUT2D eigenvalue weighted by atomic mass is 10.2. The van der Waals surface area contributed by atoms with E-state index < -0.39 is 0 Å². The molecule has 1 heterocycles. The Labute approximate surface area is 165 Å². The van der Waals surface area contributed by atoms with Crippen molar-refractivity contribution >= 4 is 33.6 Å². The molecule has 3 aromatic rings. The Hall–Kier alpha value is -2.31. The largest absolute Gasteiger partial charge is 0.492 e. The van der Waals surface area contributed by atoms with Crippen LogP contribution in [0.2, 0.25) is 0 Å². The molecule has 26 heavy (non-hydrogen) atoms. The van der Waals surface area contributed by atoms with Gasteiger partial charge in [0.15, 0.2) is 0 Å². The van der Waals surface area contributed by atoms with Crippen LogP contribution in [0.3, 0.4) is 0 Å². The van der Waals surface area contributed by atoms with Gasteiger partial charge in [-0.15, -0.1) is 0 Å². The molecule has 1 aromatic heterocycles. The monoisotopic (exact) mass is 428 g/mol. The van der Waals surface area contributed by atoms with Gasteiger partial charge in [-0.3, -0.25) is 4.79 Å². The highest BCUT2D eigenvalue weighted by atomic mass is 79.9. The molecule has 0 aliphatic rings. The zero-order valence-electron chi connectivity index (χ0n) is 13.9. The summed E-state index contributed by atoms with van der Waals surface area (Å²) in [5, 5.41) is 3.73. The molecule has 1 amide bonds. The van der Waals surface area contributed by atoms with Gasteiger partial charge in [-0.25, -0.2) is 4.98 Å². The molecule has 0 aliphatic heterocycles. The molecule has 0 unspecified atom stereocenters. The van der Waals surface area contributed by atoms with E-state index in [1.165, 1.54) is 11.8 Å². The number of aromatic nitrogens is 1. The molecule has 0 aliphatic carbocycles. The first-order valence-corrected chi connectivity index (χ1v) is 9.68. The third kappa shape index (κ3) is 5.34. The zero-order valence-corrected chi connectivity index (χ0v) is 16.3. The van der Waals surface area contributed by atoms with Crippen LogP contribution in [0.4, 0.5) is 0 Å². The van der Waals surface area contributed by atoms with Crippen molar-refractivity contribution in [3.05, 3.63) is 83.0 Å². The van der Waals surface area contributed by atoms with E-state index in [0.29, 0.717) is 18.7 Å². The number of hydrogen-bond donors (Lipinski definition) is 1. The summed E-state index contributed by atoms with van der Waals surface area (Å²) in [7, 11) is 0. The second-order valence-electron chi connectivity index (χ2n) is 5.33. The number of carbonyl (C=O) groups excluding carboxylic acids is 1. The summed E-state index contributed by atoms with van der Waals surface area (Å²) in [5.41, 5.74) is 0.627. The summed E-state index contributed by atoms with van der Waals surface area (Å²) in [6.45, 7) is 0.850. The summed E-state index contributed by atoms with van der Waals surface area (Å²) in [5.74, 6) is 0.667. The third-order valence-electron chi connectivity index (χ3n) is 3.45. The van der Waals surface area contributed by atoms with Gasteiger partial charge >= 0.3 is 0 Å². The molecular weight excluding hydrogens is 412 g/mol. The summed E-state index contributed by atoms with van der Waals surface area (Å²) < 4.78 is 6.52. The number of hydrogen-bond acceptors (Lipinski definition) is 4. The first-order valence-electron chi connectivity index (χ1n) is 8.07. The van der Waals surface area contributed by atoms with Gasteiger partial charge in [-0.05, 0) is 52.3 Å². The minimum atomic E-state index is -0.123. The number of halogens is 1. The highest BCUT2D eigenvalue weighted by Gasteiger charge is 2.12. The van der Waals surface area contributed by atoms with Crippen molar-refractivity contribution in [2.24, 2.45) is 0 Å². The van der Waals surface area contributed by atoms with E-state index in [-0.39, 0.29) is 5.91 Å². The Morgan fingerprint density at radius 3 is 2.58 bits per heavy atom. The van der Waals surface area contributed by atoms with E-state index in [2.05, 4.69) is 26.2 Å². The van der Waals surface area contributed by atoms with Gasteiger partial charge in [0, 0.05) is 15.6 Å². The number of pyridine rings is 1. The van der Waals surface area contributed by atoms with Crippen molar-refractivity contribution in [2.75, 3.05) is 13.2 Å². The lowest BCUT2D eigenvalue weighted by Crippen LogP contribution is -2.28. The Kier molecular flexibility index (Phi) is 6.68. The normalized spacial score (nSPS) is 10.3. The van der Waals surface area contributed by atoms with Gasteiger partial charge in [0.05, 0.1) is 12.1 Å². The van der Waals surface area contributed by atoms with Crippen LogP contribution in [-0.2, 0) is 0 Å². The van der Waals surface area contributed by atoms with Crippen molar-refractivity contribution in [2.45, 2.75) is 9.92 Å². The SMILES string of the molecule is O=C(NCCOc1ccccc1)c1ccccc1Sc1ccc(Br)cn1. The maximum atomic E-state index is 12.5. The van der Waals surface area contributed by atoms with E-state index in [9.17, 15) is 4.79 Å². The van der Waals surface area contributed by atoms with Crippen LogP contribution < -0.4 is 10.1 Å². The number of benzene rings is 2.